The molecule has 1 fully saturated rings. The van der Waals surface area contributed by atoms with Gasteiger partial charge in [0.15, 0.2) is 5.65 Å². The average Bonchev–Trinajstić information content (AvgIpc) is 3.05. The van der Waals surface area contributed by atoms with Crippen LogP contribution >= 0.6 is 0 Å². The molecule has 0 aliphatic carbocycles. The van der Waals surface area contributed by atoms with Crippen LogP contribution in [0.4, 0.5) is 10.2 Å². The van der Waals surface area contributed by atoms with E-state index in [4.69, 9.17) is 0 Å². The molecule has 6 nitrogen and oxygen atoms in total. The molecule has 0 aromatic carbocycles. The van der Waals surface area contributed by atoms with E-state index in [0.717, 1.165) is 43.3 Å². The van der Waals surface area contributed by atoms with Gasteiger partial charge in [-0.15, -0.1) is 0 Å². The highest BCUT2D eigenvalue weighted by Crippen LogP contribution is 2.19. The molecule has 0 unspecified atom stereocenters. The third-order valence-corrected chi connectivity index (χ3v) is 4.42. The Morgan fingerprint density at radius 2 is 1.96 bits per heavy atom. The molecular formula is C17H19FN6. The highest BCUT2D eigenvalue weighted by Gasteiger charge is 2.20. The number of nitrogens with zero attached hydrogens (tertiary/aromatic N) is 6. The zero-order chi connectivity index (χ0) is 16.5. The fraction of sp³-hybridized carbons (Fsp3) is 0.353. The summed E-state index contributed by atoms with van der Waals surface area (Å²) < 4.78 is 15.6. The summed E-state index contributed by atoms with van der Waals surface area (Å²) in [6.07, 6.45) is 4.69. The molecule has 1 aliphatic heterocycles. The molecule has 0 atom stereocenters. The van der Waals surface area contributed by atoms with Gasteiger partial charge < -0.3 is 4.90 Å². The lowest BCUT2D eigenvalue weighted by Crippen LogP contribution is -2.46. The van der Waals surface area contributed by atoms with E-state index in [0.29, 0.717) is 12.1 Å². The molecule has 4 heterocycles. The van der Waals surface area contributed by atoms with E-state index in [1.807, 2.05) is 17.5 Å². The molecule has 0 N–H and O–H groups in total. The number of hydrogen-bond donors (Lipinski definition) is 0. The highest BCUT2D eigenvalue weighted by atomic mass is 19.1. The molecule has 0 bridgehead atoms. The third-order valence-electron chi connectivity index (χ3n) is 4.42. The van der Waals surface area contributed by atoms with E-state index >= 15 is 0 Å². The molecule has 3 aromatic heterocycles. The first kappa shape index (κ1) is 15.0. The molecule has 0 spiro atoms. The quantitative estimate of drug-likeness (QED) is 0.736. The summed E-state index contributed by atoms with van der Waals surface area (Å²) in [5.74, 6) is 0.833. The van der Waals surface area contributed by atoms with Crippen LogP contribution in [0.3, 0.4) is 0 Å². The third kappa shape index (κ3) is 2.82. The predicted octanol–water partition coefficient (Wildman–Crippen LogP) is 1.89. The molecule has 0 radical (unpaired) electrons. The average molecular weight is 326 g/mol. The van der Waals surface area contributed by atoms with Crippen LogP contribution in [0.15, 0.2) is 36.8 Å². The Hall–Kier alpha value is -2.54. The van der Waals surface area contributed by atoms with Crippen LogP contribution in [0, 0.1) is 12.7 Å². The van der Waals surface area contributed by atoms with Crippen LogP contribution < -0.4 is 4.90 Å². The zero-order valence-electron chi connectivity index (χ0n) is 13.6. The van der Waals surface area contributed by atoms with Crippen LogP contribution in [0.25, 0.3) is 5.65 Å². The molecule has 0 amide bonds. The highest BCUT2D eigenvalue weighted by molar-refractivity contribution is 5.51. The Balaban J connectivity index is 1.48. The van der Waals surface area contributed by atoms with Crippen molar-refractivity contribution in [3.63, 3.8) is 0 Å². The summed E-state index contributed by atoms with van der Waals surface area (Å²) in [6, 6.07) is 5.73. The van der Waals surface area contributed by atoms with Gasteiger partial charge in [0.2, 0.25) is 0 Å². The van der Waals surface area contributed by atoms with E-state index < -0.39 is 0 Å². The summed E-state index contributed by atoms with van der Waals surface area (Å²) in [7, 11) is 0. The van der Waals surface area contributed by atoms with Crippen LogP contribution in [0.2, 0.25) is 0 Å². The SMILES string of the molecule is Cc1cc(N2CCN(Cc3ccncc3F)CC2)n2nccc2n1. The summed E-state index contributed by atoms with van der Waals surface area (Å²) >= 11 is 0. The number of rotatable bonds is 3. The van der Waals surface area contributed by atoms with Gasteiger partial charge in [-0.2, -0.15) is 9.61 Å². The molecule has 4 rings (SSSR count). The molecule has 0 saturated carbocycles. The molecule has 1 aliphatic rings. The lowest BCUT2D eigenvalue weighted by molar-refractivity contribution is 0.245. The van der Waals surface area contributed by atoms with Gasteiger partial charge >= 0.3 is 0 Å². The molecule has 1 saturated heterocycles. The lowest BCUT2D eigenvalue weighted by atomic mass is 10.2. The maximum absolute atomic E-state index is 13.8. The second kappa shape index (κ2) is 6.16. The van der Waals surface area contributed by atoms with Crippen LogP contribution in [-0.2, 0) is 6.54 Å². The van der Waals surface area contributed by atoms with Crippen LogP contribution in [0.1, 0.15) is 11.3 Å². The lowest BCUT2D eigenvalue weighted by Gasteiger charge is -2.36. The van der Waals surface area contributed by atoms with Crippen LogP contribution in [0.5, 0.6) is 0 Å². The first-order chi connectivity index (χ1) is 11.7. The molecule has 24 heavy (non-hydrogen) atoms. The number of aromatic nitrogens is 4. The Bertz CT molecular complexity index is 853. The largest absolute Gasteiger partial charge is 0.354 e. The van der Waals surface area contributed by atoms with Gasteiger partial charge in [-0.05, 0) is 13.0 Å². The van der Waals surface area contributed by atoms with Crippen molar-refractivity contribution in [2.45, 2.75) is 13.5 Å². The first-order valence-electron chi connectivity index (χ1n) is 8.08. The maximum Gasteiger partial charge on any atom is 0.157 e. The fourth-order valence-electron chi connectivity index (χ4n) is 3.15. The normalized spacial score (nSPS) is 16.0. The van der Waals surface area contributed by atoms with E-state index in [9.17, 15) is 4.39 Å². The van der Waals surface area contributed by atoms with E-state index in [2.05, 4.69) is 30.9 Å². The summed E-state index contributed by atoms with van der Waals surface area (Å²) in [5, 5.41) is 4.38. The van der Waals surface area contributed by atoms with Gasteiger partial charge in [0, 0.05) is 62.3 Å². The zero-order valence-corrected chi connectivity index (χ0v) is 13.6. The molecule has 7 heteroatoms. The van der Waals surface area contributed by atoms with Crippen molar-refractivity contribution < 1.29 is 4.39 Å². The van der Waals surface area contributed by atoms with Gasteiger partial charge in [0.1, 0.15) is 11.6 Å². The minimum atomic E-state index is -0.233. The minimum absolute atomic E-state index is 0.233. The van der Waals surface area contributed by atoms with Crippen molar-refractivity contribution in [2.75, 3.05) is 31.1 Å². The molecule has 3 aromatic rings. The molecule has 124 valence electrons. The Morgan fingerprint density at radius 3 is 2.75 bits per heavy atom. The van der Waals surface area contributed by atoms with E-state index in [-0.39, 0.29) is 5.82 Å². The second-order valence-electron chi connectivity index (χ2n) is 6.09. The summed E-state index contributed by atoms with van der Waals surface area (Å²) in [6.45, 7) is 6.14. The maximum atomic E-state index is 13.8. The van der Waals surface area contributed by atoms with Crippen molar-refractivity contribution in [1.29, 1.82) is 0 Å². The Labute approximate surface area is 139 Å². The number of pyridine rings is 1. The van der Waals surface area contributed by atoms with Crippen molar-refractivity contribution >= 4 is 11.5 Å². The van der Waals surface area contributed by atoms with Gasteiger partial charge in [-0.3, -0.25) is 9.88 Å². The second-order valence-corrected chi connectivity index (χ2v) is 6.09. The Kier molecular flexibility index (Phi) is 3.86. The number of piperazine rings is 1. The molecular weight excluding hydrogens is 307 g/mol. The summed E-state index contributed by atoms with van der Waals surface area (Å²) in [4.78, 5) is 12.9. The number of anilines is 1. The predicted molar refractivity (Wildman–Crippen MR) is 89.4 cm³/mol. The van der Waals surface area contributed by atoms with E-state index in [1.54, 1.807) is 18.5 Å². The number of aryl methyl sites for hydroxylation is 1. The summed E-state index contributed by atoms with van der Waals surface area (Å²) in [5.41, 5.74) is 2.55. The monoisotopic (exact) mass is 326 g/mol. The van der Waals surface area contributed by atoms with Gasteiger partial charge in [0.25, 0.3) is 0 Å². The van der Waals surface area contributed by atoms with E-state index in [1.165, 1.54) is 6.20 Å². The minimum Gasteiger partial charge on any atom is -0.354 e. The van der Waals surface area contributed by atoms with Crippen molar-refractivity contribution in [3.8, 4) is 0 Å². The fourth-order valence-corrected chi connectivity index (χ4v) is 3.15. The van der Waals surface area contributed by atoms with Gasteiger partial charge in [0.05, 0.1) is 12.4 Å². The standard InChI is InChI=1S/C17H19FN6/c1-13-10-17(24-16(21-13)3-5-20-24)23-8-6-22(7-9-23)12-14-2-4-19-11-15(14)18/h2-5,10-11H,6-9,12H2,1H3. The number of halogens is 1. The topological polar surface area (TPSA) is 49.6 Å². The van der Waals surface area contributed by atoms with Gasteiger partial charge in [-0.1, -0.05) is 0 Å². The Morgan fingerprint density at radius 1 is 1.12 bits per heavy atom. The number of hydrogen-bond acceptors (Lipinski definition) is 5. The van der Waals surface area contributed by atoms with Crippen molar-refractivity contribution in [3.05, 3.63) is 53.9 Å². The smallest absolute Gasteiger partial charge is 0.157 e. The number of fused-ring (bicyclic) bond motifs is 1. The van der Waals surface area contributed by atoms with Gasteiger partial charge in [-0.25, -0.2) is 9.37 Å². The van der Waals surface area contributed by atoms with Crippen molar-refractivity contribution in [2.24, 2.45) is 0 Å². The van der Waals surface area contributed by atoms with Crippen LogP contribution in [-0.4, -0.2) is 50.7 Å². The van der Waals surface area contributed by atoms with Crippen molar-refractivity contribution in [1.82, 2.24) is 24.5 Å². The first-order valence-corrected chi connectivity index (χ1v) is 8.08.